The van der Waals surface area contributed by atoms with Gasteiger partial charge in [0, 0.05) is 29.9 Å². The van der Waals surface area contributed by atoms with Crippen LogP contribution in [0.5, 0.6) is 0 Å². The number of hydrogen-bond donors (Lipinski definition) is 1. The zero-order valence-corrected chi connectivity index (χ0v) is 14.2. The van der Waals surface area contributed by atoms with Gasteiger partial charge in [0.25, 0.3) is 0 Å². The molecule has 2 rings (SSSR count). The van der Waals surface area contributed by atoms with Crippen molar-refractivity contribution in [3.63, 3.8) is 0 Å². The number of amides is 1. The van der Waals surface area contributed by atoms with Gasteiger partial charge in [0.15, 0.2) is 10.3 Å². The lowest BCUT2D eigenvalue weighted by atomic mass is 10.3. The van der Waals surface area contributed by atoms with Gasteiger partial charge in [-0.3, -0.25) is 9.59 Å². The number of thiazole rings is 1. The molecule has 9 heteroatoms. The molecule has 2 heterocycles. The summed E-state index contributed by atoms with van der Waals surface area (Å²) in [5.41, 5.74) is 0.593. The van der Waals surface area contributed by atoms with E-state index in [2.05, 4.69) is 20.3 Å². The van der Waals surface area contributed by atoms with Crippen molar-refractivity contribution in [2.45, 2.75) is 24.9 Å². The van der Waals surface area contributed by atoms with Crippen LogP contribution >= 0.6 is 23.1 Å². The van der Waals surface area contributed by atoms with Crippen molar-refractivity contribution in [3.8, 4) is 0 Å². The summed E-state index contributed by atoms with van der Waals surface area (Å²) in [6.45, 7) is 2.10. The van der Waals surface area contributed by atoms with E-state index >= 15 is 0 Å². The first-order valence-corrected chi connectivity index (χ1v) is 8.83. The second-order valence-corrected chi connectivity index (χ2v) is 6.22. The summed E-state index contributed by atoms with van der Waals surface area (Å²) in [4.78, 5) is 35.5. The van der Waals surface area contributed by atoms with Crippen molar-refractivity contribution in [2.75, 3.05) is 17.7 Å². The van der Waals surface area contributed by atoms with E-state index < -0.39 is 0 Å². The van der Waals surface area contributed by atoms with Gasteiger partial charge in [-0.1, -0.05) is 11.8 Å². The molecule has 2 aromatic heterocycles. The van der Waals surface area contributed by atoms with E-state index in [-0.39, 0.29) is 18.3 Å². The zero-order chi connectivity index (χ0) is 16.5. The first kappa shape index (κ1) is 17.4. The van der Waals surface area contributed by atoms with Gasteiger partial charge in [0.05, 0.1) is 18.7 Å². The van der Waals surface area contributed by atoms with Gasteiger partial charge >= 0.3 is 5.97 Å². The summed E-state index contributed by atoms with van der Waals surface area (Å²) in [5, 5.41) is 5.58. The molecule has 0 radical (unpaired) electrons. The number of rotatable bonds is 8. The molecule has 7 nitrogen and oxygen atoms in total. The number of carbonyl (C=O) groups is 2. The number of nitrogens with zero attached hydrogens (tertiary/aromatic N) is 3. The Balaban J connectivity index is 1.73. The molecule has 2 aromatic rings. The van der Waals surface area contributed by atoms with Crippen molar-refractivity contribution in [1.82, 2.24) is 15.0 Å². The second kappa shape index (κ2) is 9.21. The molecule has 1 N–H and O–H groups in total. The molecule has 122 valence electrons. The minimum Gasteiger partial charge on any atom is -0.466 e. The molecule has 0 saturated carbocycles. The summed E-state index contributed by atoms with van der Waals surface area (Å²) < 4.78 is 4.86. The van der Waals surface area contributed by atoms with E-state index in [0.29, 0.717) is 34.8 Å². The minimum atomic E-state index is -0.324. The second-order valence-electron chi connectivity index (χ2n) is 4.30. The third-order valence-electron chi connectivity index (χ3n) is 2.53. The number of ether oxygens (including phenoxy) is 1. The fourth-order valence-electron chi connectivity index (χ4n) is 1.58. The normalized spacial score (nSPS) is 10.3. The van der Waals surface area contributed by atoms with Crippen LogP contribution in [0.1, 0.15) is 19.0 Å². The maximum Gasteiger partial charge on any atom is 0.311 e. The lowest BCUT2D eigenvalue weighted by Gasteiger charge is -2.01. The number of carbonyl (C=O) groups excluding carboxylic acids is 2. The maximum atomic E-state index is 11.8. The first-order chi connectivity index (χ1) is 11.2. The van der Waals surface area contributed by atoms with Crippen LogP contribution in [0.2, 0.25) is 0 Å². The summed E-state index contributed by atoms with van der Waals surface area (Å²) in [7, 11) is 0. The van der Waals surface area contributed by atoms with Crippen LogP contribution < -0.4 is 5.32 Å². The van der Waals surface area contributed by atoms with Gasteiger partial charge in [-0.25, -0.2) is 15.0 Å². The highest BCUT2D eigenvalue weighted by molar-refractivity contribution is 7.99. The number of hydrogen-bond acceptors (Lipinski definition) is 8. The fraction of sp³-hybridized carbons (Fsp3) is 0.357. The lowest BCUT2D eigenvalue weighted by Crippen LogP contribution is -2.12. The third-order valence-corrected chi connectivity index (χ3v) is 4.22. The van der Waals surface area contributed by atoms with Crippen LogP contribution in [-0.4, -0.2) is 39.2 Å². The molecule has 1 amide bonds. The summed E-state index contributed by atoms with van der Waals surface area (Å²) in [5.74, 6) is 0.122. The topological polar surface area (TPSA) is 94.1 Å². The van der Waals surface area contributed by atoms with Gasteiger partial charge in [0.2, 0.25) is 5.91 Å². The average molecular weight is 352 g/mol. The predicted octanol–water partition coefficient (Wildman–Crippen LogP) is 2.16. The van der Waals surface area contributed by atoms with Crippen LogP contribution in [0.25, 0.3) is 0 Å². The van der Waals surface area contributed by atoms with Crippen molar-refractivity contribution in [3.05, 3.63) is 29.5 Å². The standard InChI is InChI=1S/C14H16N4O3S2/c1-2-21-12(20)8-10-9-23-14(17-10)18-11(19)4-7-22-13-15-5-3-6-16-13/h3,5-6,9H,2,4,7-8H2,1H3,(H,17,18,19). The van der Waals surface area contributed by atoms with Crippen molar-refractivity contribution in [1.29, 1.82) is 0 Å². The number of aromatic nitrogens is 3. The molecule has 0 aliphatic rings. The smallest absolute Gasteiger partial charge is 0.311 e. The van der Waals surface area contributed by atoms with E-state index in [1.807, 2.05) is 0 Å². The Morgan fingerprint density at radius 3 is 2.87 bits per heavy atom. The average Bonchev–Trinajstić information content (AvgIpc) is 2.95. The molecule has 0 saturated heterocycles. The van der Waals surface area contributed by atoms with Crippen LogP contribution in [0.3, 0.4) is 0 Å². The van der Waals surface area contributed by atoms with Crippen LogP contribution in [0.15, 0.2) is 29.0 Å². The Kier molecular flexibility index (Phi) is 6.95. The maximum absolute atomic E-state index is 11.8. The Bertz CT molecular complexity index is 648. The number of nitrogens with one attached hydrogen (secondary N) is 1. The van der Waals surface area contributed by atoms with Gasteiger partial charge < -0.3 is 10.1 Å². The molecule has 0 fully saturated rings. The molecule has 23 heavy (non-hydrogen) atoms. The van der Waals surface area contributed by atoms with E-state index in [9.17, 15) is 9.59 Å². The first-order valence-electron chi connectivity index (χ1n) is 6.97. The molecule has 0 aromatic carbocycles. The monoisotopic (exact) mass is 352 g/mol. The fourth-order valence-corrected chi connectivity index (χ4v) is 3.05. The summed E-state index contributed by atoms with van der Waals surface area (Å²) in [6.07, 6.45) is 3.77. The van der Waals surface area contributed by atoms with E-state index in [1.54, 1.807) is 30.8 Å². The van der Waals surface area contributed by atoms with Gasteiger partial charge in [-0.15, -0.1) is 11.3 Å². The molecule has 0 bridgehead atoms. The number of thioether (sulfide) groups is 1. The Morgan fingerprint density at radius 2 is 2.13 bits per heavy atom. The molecule has 0 aliphatic carbocycles. The zero-order valence-electron chi connectivity index (χ0n) is 12.5. The number of esters is 1. The van der Waals surface area contributed by atoms with Gasteiger partial charge in [0.1, 0.15) is 0 Å². The predicted molar refractivity (Wildman–Crippen MR) is 88.5 cm³/mol. The molecule has 0 atom stereocenters. The van der Waals surface area contributed by atoms with Crippen LogP contribution in [-0.2, 0) is 20.7 Å². The largest absolute Gasteiger partial charge is 0.466 e. The molecular formula is C14H16N4O3S2. The number of anilines is 1. The summed E-state index contributed by atoms with van der Waals surface area (Å²) >= 11 is 2.70. The third kappa shape index (κ3) is 6.33. The van der Waals surface area contributed by atoms with Crippen LogP contribution in [0, 0.1) is 0 Å². The molecule has 0 aliphatic heterocycles. The highest BCUT2D eigenvalue weighted by Gasteiger charge is 2.10. The Hall–Kier alpha value is -2.00. The van der Waals surface area contributed by atoms with E-state index in [1.165, 1.54) is 23.1 Å². The molecular weight excluding hydrogens is 336 g/mol. The van der Waals surface area contributed by atoms with Crippen molar-refractivity contribution >= 4 is 40.1 Å². The van der Waals surface area contributed by atoms with E-state index in [0.717, 1.165) is 0 Å². The Labute approximate surface area is 141 Å². The summed E-state index contributed by atoms with van der Waals surface area (Å²) in [6, 6.07) is 1.74. The molecule has 0 spiro atoms. The minimum absolute atomic E-state index is 0.113. The Morgan fingerprint density at radius 1 is 1.35 bits per heavy atom. The van der Waals surface area contributed by atoms with E-state index in [4.69, 9.17) is 4.74 Å². The highest BCUT2D eigenvalue weighted by atomic mass is 32.2. The SMILES string of the molecule is CCOC(=O)Cc1csc(NC(=O)CCSc2ncccn2)n1. The van der Waals surface area contributed by atoms with Crippen molar-refractivity contribution in [2.24, 2.45) is 0 Å². The molecule has 0 unspecified atom stereocenters. The van der Waals surface area contributed by atoms with Gasteiger partial charge in [-0.2, -0.15) is 0 Å². The highest BCUT2D eigenvalue weighted by Crippen LogP contribution is 2.17. The lowest BCUT2D eigenvalue weighted by molar-refractivity contribution is -0.142. The van der Waals surface area contributed by atoms with Gasteiger partial charge in [-0.05, 0) is 13.0 Å². The van der Waals surface area contributed by atoms with Crippen molar-refractivity contribution < 1.29 is 14.3 Å². The quantitative estimate of drug-likeness (QED) is 0.442. The van der Waals surface area contributed by atoms with Crippen LogP contribution in [0.4, 0.5) is 5.13 Å².